The zero-order valence-electron chi connectivity index (χ0n) is 14.4. The molecule has 0 aliphatic rings. The first-order valence-corrected chi connectivity index (χ1v) is 8.54. The van der Waals surface area contributed by atoms with Crippen molar-refractivity contribution in [3.8, 4) is 0 Å². The third-order valence-electron chi connectivity index (χ3n) is 4.06. The molecule has 128 valence electrons. The van der Waals surface area contributed by atoms with Crippen molar-refractivity contribution in [1.82, 2.24) is 9.97 Å². The number of anilines is 1. The summed E-state index contributed by atoms with van der Waals surface area (Å²) in [6.07, 6.45) is 0. The fourth-order valence-electron chi connectivity index (χ4n) is 2.76. The quantitative estimate of drug-likeness (QED) is 0.336. The predicted octanol–water partition coefficient (Wildman–Crippen LogP) is 5.92. The van der Waals surface area contributed by atoms with Crippen molar-refractivity contribution in [2.24, 2.45) is 10.2 Å². The van der Waals surface area contributed by atoms with Crippen molar-refractivity contribution in [3.05, 3.63) is 65.7 Å². The van der Waals surface area contributed by atoms with Crippen molar-refractivity contribution >= 4 is 50.7 Å². The van der Waals surface area contributed by atoms with Gasteiger partial charge in [-0.05, 0) is 36.4 Å². The molecule has 0 aliphatic heterocycles. The van der Waals surface area contributed by atoms with Gasteiger partial charge in [0, 0.05) is 14.1 Å². The van der Waals surface area contributed by atoms with Crippen molar-refractivity contribution in [2.45, 2.75) is 0 Å². The molecule has 3 aromatic carbocycles. The van der Waals surface area contributed by atoms with E-state index >= 15 is 0 Å². The first-order chi connectivity index (χ1) is 12.6. The van der Waals surface area contributed by atoms with Crippen molar-refractivity contribution in [3.63, 3.8) is 0 Å². The maximum Gasteiger partial charge on any atom is 0.110 e. The molecule has 0 bridgehead atoms. The van der Waals surface area contributed by atoms with Crippen LogP contribution in [0.1, 0.15) is 0 Å². The van der Waals surface area contributed by atoms with Crippen LogP contribution < -0.4 is 4.90 Å². The van der Waals surface area contributed by atoms with E-state index in [1.165, 1.54) is 0 Å². The predicted molar refractivity (Wildman–Crippen MR) is 107 cm³/mol. The third-order valence-corrected chi connectivity index (χ3v) is 4.43. The van der Waals surface area contributed by atoms with Gasteiger partial charge in [-0.2, -0.15) is 0 Å². The van der Waals surface area contributed by atoms with Crippen LogP contribution in [0.3, 0.4) is 0 Å². The Hall–Kier alpha value is -3.05. The van der Waals surface area contributed by atoms with Gasteiger partial charge in [0.15, 0.2) is 0 Å². The van der Waals surface area contributed by atoms with Crippen LogP contribution in [0.4, 0.5) is 17.1 Å². The minimum absolute atomic E-state index is 0.451. The molecular weight excluding hydrogens is 346 g/mol. The van der Waals surface area contributed by atoms with Crippen molar-refractivity contribution < 1.29 is 0 Å². The molecule has 0 saturated heterocycles. The fourth-order valence-corrected chi connectivity index (χ4v) is 3.00. The van der Waals surface area contributed by atoms with Crippen LogP contribution in [-0.4, -0.2) is 24.1 Å². The molecule has 26 heavy (non-hydrogen) atoms. The second kappa shape index (κ2) is 6.69. The van der Waals surface area contributed by atoms with Crippen LogP contribution in [-0.2, 0) is 0 Å². The number of benzene rings is 3. The van der Waals surface area contributed by atoms with E-state index in [0.29, 0.717) is 16.2 Å². The molecule has 1 aromatic heterocycles. The summed E-state index contributed by atoms with van der Waals surface area (Å²) in [5, 5.41) is 9.18. The van der Waals surface area contributed by atoms with E-state index in [-0.39, 0.29) is 0 Å². The van der Waals surface area contributed by atoms with Crippen LogP contribution in [0.15, 0.2) is 70.9 Å². The van der Waals surface area contributed by atoms with Crippen LogP contribution >= 0.6 is 11.6 Å². The first-order valence-electron chi connectivity index (χ1n) is 8.16. The number of hydrogen-bond donors (Lipinski definition) is 0. The van der Waals surface area contributed by atoms with Gasteiger partial charge in [-0.1, -0.05) is 35.9 Å². The molecule has 0 atom stereocenters. The number of aromatic nitrogens is 2. The van der Waals surface area contributed by atoms with Gasteiger partial charge < -0.3 is 4.90 Å². The molecule has 4 rings (SSSR count). The average Bonchev–Trinajstić information content (AvgIpc) is 2.66. The van der Waals surface area contributed by atoms with E-state index in [4.69, 9.17) is 11.6 Å². The normalized spacial score (nSPS) is 11.5. The minimum Gasteiger partial charge on any atom is -0.376 e. The molecule has 0 aliphatic carbocycles. The topological polar surface area (TPSA) is 53.7 Å². The number of azo groups is 1. The van der Waals surface area contributed by atoms with Gasteiger partial charge in [0.2, 0.25) is 0 Å². The number of rotatable bonds is 3. The third kappa shape index (κ3) is 2.97. The zero-order valence-corrected chi connectivity index (χ0v) is 15.1. The summed E-state index contributed by atoms with van der Waals surface area (Å²) in [5.74, 6) is 0. The Morgan fingerprint density at radius 3 is 2.15 bits per heavy atom. The second-order valence-electron chi connectivity index (χ2n) is 6.06. The Balaban J connectivity index is 1.80. The van der Waals surface area contributed by atoms with Crippen LogP contribution in [0.5, 0.6) is 0 Å². The molecule has 0 fully saturated rings. The highest BCUT2D eigenvalue weighted by Crippen LogP contribution is 2.34. The Morgan fingerprint density at radius 1 is 0.731 bits per heavy atom. The molecular formula is C20H16ClN5. The van der Waals surface area contributed by atoms with Gasteiger partial charge in [0.25, 0.3) is 0 Å². The maximum atomic E-state index is 6.54. The van der Waals surface area contributed by atoms with Gasteiger partial charge in [-0.3, -0.25) is 0 Å². The molecule has 0 unspecified atom stereocenters. The van der Waals surface area contributed by atoms with E-state index in [9.17, 15) is 0 Å². The molecule has 6 heteroatoms. The monoisotopic (exact) mass is 361 g/mol. The Morgan fingerprint density at radius 2 is 1.38 bits per heavy atom. The highest BCUT2D eigenvalue weighted by Gasteiger charge is 2.10. The lowest BCUT2D eigenvalue weighted by atomic mass is 10.2. The first kappa shape index (κ1) is 16.4. The van der Waals surface area contributed by atoms with Gasteiger partial charge in [-0.15, -0.1) is 10.2 Å². The number of fused-ring (bicyclic) bond motifs is 2. The average molecular weight is 362 g/mol. The Bertz CT molecular complexity index is 1140. The fraction of sp³-hybridized carbons (Fsp3) is 0.100. The molecule has 0 N–H and O–H groups in total. The van der Waals surface area contributed by atoms with Crippen molar-refractivity contribution in [1.29, 1.82) is 0 Å². The van der Waals surface area contributed by atoms with Gasteiger partial charge in [-0.25, -0.2) is 9.97 Å². The summed E-state index contributed by atoms with van der Waals surface area (Å²) in [5.41, 5.74) is 5.33. The smallest absolute Gasteiger partial charge is 0.110 e. The molecule has 0 radical (unpaired) electrons. The maximum absolute atomic E-state index is 6.54. The molecule has 4 aromatic rings. The summed E-state index contributed by atoms with van der Waals surface area (Å²) in [6, 6.07) is 19.2. The SMILES string of the molecule is CN(C)c1ccccc1N=Nc1ccc2nc3ccccc3nc2c1Cl. The molecule has 0 saturated carbocycles. The van der Waals surface area contributed by atoms with E-state index in [1.807, 2.05) is 79.7 Å². The Kier molecular flexibility index (Phi) is 4.22. The number of nitrogens with zero attached hydrogens (tertiary/aromatic N) is 5. The van der Waals surface area contributed by atoms with Gasteiger partial charge >= 0.3 is 0 Å². The summed E-state index contributed by atoms with van der Waals surface area (Å²) in [7, 11) is 3.94. The molecule has 0 spiro atoms. The van der Waals surface area contributed by atoms with Crippen LogP contribution in [0.2, 0.25) is 5.02 Å². The standard InChI is InChI=1S/C20H16ClN5/c1-26(2)18-10-6-5-9-15(18)24-25-16-11-12-17-20(19(16)21)23-14-8-4-3-7-13(14)22-17/h3-12H,1-2H3. The number of halogens is 1. The second-order valence-corrected chi connectivity index (χ2v) is 6.44. The summed E-state index contributed by atoms with van der Waals surface area (Å²) in [6.45, 7) is 0. The summed E-state index contributed by atoms with van der Waals surface area (Å²) >= 11 is 6.54. The van der Waals surface area contributed by atoms with E-state index in [2.05, 4.69) is 20.2 Å². The minimum atomic E-state index is 0.451. The van der Waals surface area contributed by atoms with Crippen LogP contribution in [0, 0.1) is 0 Å². The van der Waals surface area contributed by atoms with Gasteiger partial charge in [0.1, 0.15) is 16.9 Å². The van der Waals surface area contributed by atoms with Gasteiger partial charge in [0.05, 0.1) is 27.3 Å². The van der Waals surface area contributed by atoms with E-state index in [1.54, 1.807) is 0 Å². The van der Waals surface area contributed by atoms with E-state index in [0.717, 1.165) is 27.9 Å². The zero-order chi connectivity index (χ0) is 18.1. The highest BCUT2D eigenvalue weighted by atomic mass is 35.5. The molecule has 5 nitrogen and oxygen atoms in total. The van der Waals surface area contributed by atoms with Crippen molar-refractivity contribution in [2.75, 3.05) is 19.0 Å². The highest BCUT2D eigenvalue weighted by molar-refractivity contribution is 6.37. The lowest BCUT2D eigenvalue weighted by molar-refractivity contribution is 1.11. The number of hydrogen-bond acceptors (Lipinski definition) is 5. The lowest BCUT2D eigenvalue weighted by Crippen LogP contribution is -2.08. The summed E-state index contributed by atoms with van der Waals surface area (Å²) < 4.78 is 0. The molecule has 0 amide bonds. The summed E-state index contributed by atoms with van der Waals surface area (Å²) in [4.78, 5) is 11.2. The number of para-hydroxylation sites is 3. The van der Waals surface area contributed by atoms with Crippen LogP contribution in [0.25, 0.3) is 22.1 Å². The van der Waals surface area contributed by atoms with E-state index < -0.39 is 0 Å². The lowest BCUT2D eigenvalue weighted by Gasteiger charge is -2.13. The molecule has 1 heterocycles. The Labute approximate surface area is 156 Å². The largest absolute Gasteiger partial charge is 0.376 e.